The van der Waals surface area contributed by atoms with Crippen LogP contribution in [0.3, 0.4) is 0 Å². The van der Waals surface area contributed by atoms with Crippen molar-refractivity contribution in [3.63, 3.8) is 0 Å². The Morgan fingerprint density at radius 3 is 2.26 bits per heavy atom. The lowest BCUT2D eigenvalue weighted by Crippen LogP contribution is -2.62. The van der Waals surface area contributed by atoms with E-state index in [0.29, 0.717) is 25.4 Å². The van der Waals surface area contributed by atoms with Gasteiger partial charge in [-0.3, -0.25) is 4.79 Å². The van der Waals surface area contributed by atoms with Crippen molar-refractivity contribution in [3.05, 3.63) is 41.6 Å². The number of rotatable bonds is 9. The molecule has 6 rings (SSSR count). The lowest BCUT2D eigenvalue weighted by Gasteiger charge is -2.57. The zero-order valence-corrected chi connectivity index (χ0v) is 24.3. The average Bonchev–Trinajstić information content (AvgIpc) is 3.27. The van der Waals surface area contributed by atoms with Gasteiger partial charge in [0.2, 0.25) is 5.91 Å². The van der Waals surface area contributed by atoms with Crippen LogP contribution in [-0.4, -0.2) is 59.0 Å². The molecule has 1 aromatic carbocycles. The number of ether oxygens (including phenoxy) is 1. The van der Waals surface area contributed by atoms with Gasteiger partial charge in [0.1, 0.15) is 12.4 Å². The number of nitrogens with one attached hydrogen (secondary N) is 2. The second kappa shape index (κ2) is 11.0. The topological polar surface area (TPSA) is 88.5 Å². The van der Waals surface area contributed by atoms with Crippen molar-refractivity contribution in [1.29, 1.82) is 0 Å². The molecule has 1 aromatic heterocycles. The van der Waals surface area contributed by atoms with E-state index >= 15 is 0 Å². The summed E-state index contributed by atoms with van der Waals surface area (Å²) in [6.45, 7) is 9.34. The van der Waals surface area contributed by atoms with Gasteiger partial charge in [-0.15, -0.1) is 0 Å². The number of carbonyl (C=O) groups is 2. The minimum absolute atomic E-state index is 0.0220. The summed E-state index contributed by atoms with van der Waals surface area (Å²) < 4.78 is 7.02. The molecule has 0 spiro atoms. The number of carbonyl (C=O) groups excluding carboxylic acids is 2. The molecule has 8 nitrogen and oxygen atoms in total. The van der Waals surface area contributed by atoms with Gasteiger partial charge in [0, 0.05) is 37.3 Å². The van der Waals surface area contributed by atoms with Crippen LogP contribution in [0.5, 0.6) is 0 Å². The average molecular weight is 536 g/mol. The fourth-order valence-corrected chi connectivity index (χ4v) is 7.30. The third-order valence-corrected chi connectivity index (χ3v) is 8.83. The largest absolute Gasteiger partial charge is 0.385 e. The Kier molecular flexibility index (Phi) is 7.77. The molecule has 0 saturated heterocycles. The van der Waals surface area contributed by atoms with E-state index in [1.807, 2.05) is 37.3 Å². The van der Waals surface area contributed by atoms with Gasteiger partial charge in [-0.25, -0.2) is 9.48 Å². The van der Waals surface area contributed by atoms with Crippen LogP contribution in [0.1, 0.15) is 77.0 Å². The quantitative estimate of drug-likeness (QED) is 0.419. The van der Waals surface area contributed by atoms with E-state index in [4.69, 9.17) is 9.84 Å². The molecule has 1 heterocycles. The monoisotopic (exact) mass is 535 g/mol. The predicted molar refractivity (Wildman–Crippen MR) is 153 cm³/mol. The number of hydrogen-bond acceptors (Lipinski definition) is 4. The first-order valence-electron chi connectivity index (χ1n) is 14.6. The second-order valence-electron chi connectivity index (χ2n) is 13.4. The van der Waals surface area contributed by atoms with Crippen molar-refractivity contribution >= 4 is 17.8 Å². The summed E-state index contributed by atoms with van der Waals surface area (Å²) in [6.07, 6.45) is 7.87. The van der Waals surface area contributed by atoms with Crippen LogP contribution in [0.4, 0.5) is 10.6 Å². The third-order valence-electron chi connectivity index (χ3n) is 8.83. The van der Waals surface area contributed by atoms with Crippen LogP contribution < -0.4 is 10.6 Å². The highest BCUT2D eigenvalue weighted by atomic mass is 16.5. The molecular weight excluding hydrogens is 490 g/mol. The molecule has 2 aromatic rings. The van der Waals surface area contributed by atoms with Crippen LogP contribution >= 0.6 is 0 Å². The molecule has 0 atom stereocenters. The molecule has 4 saturated carbocycles. The lowest BCUT2D eigenvalue weighted by atomic mass is 9.53. The van der Waals surface area contributed by atoms with E-state index in [1.165, 1.54) is 19.3 Å². The van der Waals surface area contributed by atoms with Gasteiger partial charge < -0.3 is 20.3 Å². The molecule has 0 radical (unpaired) electrons. The van der Waals surface area contributed by atoms with E-state index < -0.39 is 0 Å². The molecule has 2 N–H and O–H groups in total. The molecule has 39 heavy (non-hydrogen) atoms. The Labute approximate surface area is 232 Å². The van der Waals surface area contributed by atoms with Crippen LogP contribution in [0.2, 0.25) is 0 Å². The third kappa shape index (κ3) is 6.32. The van der Waals surface area contributed by atoms with Gasteiger partial charge in [0.25, 0.3) is 0 Å². The van der Waals surface area contributed by atoms with E-state index in [9.17, 15) is 9.59 Å². The first-order chi connectivity index (χ1) is 18.5. The van der Waals surface area contributed by atoms with E-state index in [0.717, 1.165) is 54.0 Å². The minimum Gasteiger partial charge on any atom is -0.385 e. The van der Waals surface area contributed by atoms with Crippen LogP contribution in [-0.2, 0) is 14.9 Å². The summed E-state index contributed by atoms with van der Waals surface area (Å²) in [6, 6.07) is 9.87. The normalized spacial score (nSPS) is 25.5. The fourth-order valence-electron chi connectivity index (χ4n) is 7.30. The van der Waals surface area contributed by atoms with Crippen LogP contribution in [0, 0.1) is 24.7 Å². The van der Waals surface area contributed by atoms with E-state index in [-0.39, 0.29) is 29.4 Å². The summed E-state index contributed by atoms with van der Waals surface area (Å²) >= 11 is 0. The number of benzene rings is 1. The maximum absolute atomic E-state index is 13.6. The lowest BCUT2D eigenvalue weighted by molar-refractivity contribution is -0.117. The SMILES string of the molecule is COCCCN(CC(=O)Nc1cc(C(C)(C)C)nn1-c1ccc(C)cc1)C(=O)NC12CC3CC(CC(C3)C1)C2. The molecule has 4 aliphatic carbocycles. The van der Waals surface area contributed by atoms with Crippen molar-refractivity contribution in [3.8, 4) is 5.69 Å². The maximum atomic E-state index is 13.6. The number of anilines is 1. The van der Waals surface area contributed by atoms with Gasteiger partial charge in [-0.2, -0.15) is 5.10 Å². The Hall–Kier alpha value is -2.87. The van der Waals surface area contributed by atoms with Gasteiger partial charge in [-0.05, 0) is 81.8 Å². The highest BCUT2D eigenvalue weighted by molar-refractivity contribution is 5.94. The van der Waals surface area contributed by atoms with Crippen molar-refractivity contribution < 1.29 is 14.3 Å². The van der Waals surface area contributed by atoms with Crippen molar-refractivity contribution in [2.45, 2.75) is 83.6 Å². The molecular formula is C31H45N5O3. The maximum Gasteiger partial charge on any atom is 0.318 e. The Morgan fingerprint density at radius 1 is 1.08 bits per heavy atom. The molecule has 0 aliphatic heterocycles. The Balaban J connectivity index is 1.31. The molecule has 212 valence electrons. The molecule has 3 amide bonds. The van der Waals surface area contributed by atoms with Gasteiger partial charge in [0.15, 0.2) is 0 Å². The van der Waals surface area contributed by atoms with E-state index in [2.05, 4.69) is 31.4 Å². The molecule has 4 fully saturated rings. The van der Waals surface area contributed by atoms with Crippen molar-refractivity contribution in [1.82, 2.24) is 20.0 Å². The fraction of sp³-hybridized carbons (Fsp3) is 0.645. The zero-order chi connectivity index (χ0) is 27.8. The molecule has 0 unspecified atom stereocenters. The first kappa shape index (κ1) is 27.7. The van der Waals surface area contributed by atoms with Crippen molar-refractivity contribution in [2.24, 2.45) is 17.8 Å². The smallest absolute Gasteiger partial charge is 0.318 e. The van der Waals surface area contributed by atoms with E-state index in [1.54, 1.807) is 16.7 Å². The van der Waals surface area contributed by atoms with Crippen LogP contribution in [0.15, 0.2) is 30.3 Å². The highest BCUT2D eigenvalue weighted by Crippen LogP contribution is 2.55. The summed E-state index contributed by atoms with van der Waals surface area (Å²) in [5.41, 5.74) is 2.63. The highest BCUT2D eigenvalue weighted by Gasteiger charge is 2.51. The molecule has 4 aliphatic rings. The van der Waals surface area contributed by atoms with Crippen LogP contribution in [0.25, 0.3) is 5.69 Å². The summed E-state index contributed by atoms with van der Waals surface area (Å²) in [5, 5.41) is 11.3. The van der Waals surface area contributed by atoms with Crippen molar-refractivity contribution in [2.75, 3.05) is 32.1 Å². The summed E-state index contributed by atoms with van der Waals surface area (Å²) in [4.78, 5) is 28.7. The molecule has 8 heteroatoms. The Morgan fingerprint density at radius 2 is 1.69 bits per heavy atom. The summed E-state index contributed by atoms with van der Waals surface area (Å²) in [5.74, 6) is 2.58. The Bertz CT molecular complexity index is 1140. The number of nitrogens with zero attached hydrogens (tertiary/aromatic N) is 3. The number of aryl methyl sites for hydroxylation is 1. The van der Waals surface area contributed by atoms with Gasteiger partial charge in [0.05, 0.1) is 11.4 Å². The standard InChI is InChI=1S/C31H45N5O3/c1-21-7-9-25(10-8-21)36-27(16-26(34-36)30(2,3)4)32-28(37)20-35(11-6-12-39-5)29(38)33-31-17-22-13-23(18-31)15-24(14-22)19-31/h7-10,16,22-24H,6,11-15,17-20H2,1-5H3,(H,32,37)(H,33,38). The van der Waals surface area contributed by atoms with Gasteiger partial charge >= 0.3 is 6.03 Å². The minimum atomic E-state index is -0.234. The first-order valence-corrected chi connectivity index (χ1v) is 14.6. The van der Waals surface area contributed by atoms with Gasteiger partial charge in [-0.1, -0.05) is 38.5 Å². The predicted octanol–water partition coefficient (Wildman–Crippen LogP) is 5.43. The number of aromatic nitrogens is 2. The second-order valence-corrected chi connectivity index (χ2v) is 13.4. The summed E-state index contributed by atoms with van der Waals surface area (Å²) in [7, 11) is 1.66. The number of methoxy groups -OCH3 is 1. The molecule has 4 bridgehead atoms. The number of urea groups is 1. The zero-order valence-electron chi connectivity index (χ0n) is 24.3. The number of hydrogen-bond donors (Lipinski definition) is 2. The number of amides is 3.